The van der Waals surface area contributed by atoms with Gasteiger partial charge in [0.25, 0.3) is 5.91 Å². The Labute approximate surface area is 122 Å². The maximum atomic E-state index is 12.6. The van der Waals surface area contributed by atoms with Gasteiger partial charge in [-0.05, 0) is 25.0 Å². The molecule has 0 saturated heterocycles. The third-order valence-corrected chi connectivity index (χ3v) is 4.26. The highest BCUT2D eigenvalue weighted by atomic mass is 32.1. The lowest BCUT2D eigenvalue weighted by atomic mass is 10.1. The van der Waals surface area contributed by atoms with E-state index in [0.717, 1.165) is 22.2 Å². The van der Waals surface area contributed by atoms with Gasteiger partial charge in [0.2, 0.25) is 0 Å². The van der Waals surface area contributed by atoms with Crippen LogP contribution in [0.25, 0.3) is 10.2 Å². The molecule has 0 atom stereocenters. The Bertz CT molecular complexity index is 648. The SMILES string of the molecule is C=CCN(CCC)C(=O)c1sc2nccc(C)c2c1N. The van der Waals surface area contributed by atoms with Crippen LogP contribution in [-0.2, 0) is 0 Å². The highest BCUT2D eigenvalue weighted by Gasteiger charge is 2.22. The van der Waals surface area contributed by atoms with E-state index in [9.17, 15) is 4.79 Å². The molecule has 4 nitrogen and oxygen atoms in total. The number of hydrogen-bond acceptors (Lipinski definition) is 4. The molecule has 5 heteroatoms. The van der Waals surface area contributed by atoms with Gasteiger partial charge in [-0.3, -0.25) is 4.79 Å². The summed E-state index contributed by atoms with van der Waals surface area (Å²) in [6.07, 6.45) is 4.39. The number of carbonyl (C=O) groups is 1. The van der Waals surface area contributed by atoms with Crippen molar-refractivity contribution in [3.05, 3.63) is 35.4 Å². The van der Waals surface area contributed by atoms with Crippen molar-refractivity contribution < 1.29 is 4.79 Å². The van der Waals surface area contributed by atoms with Crippen molar-refractivity contribution in [1.29, 1.82) is 0 Å². The highest BCUT2D eigenvalue weighted by Crippen LogP contribution is 2.35. The summed E-state index contributed by atoms with van der Waals surface area (Å²) in [7, 11) is 0. The number of pyridine rings is 1. The Kier molecular flexibility index (Phi) is 4.39. The Morgan fingerprint density at radius 1 is 1.60 bits per heavy atom. The summed E-state index contributed by atoms with van der Waals surface area (Å²) >= 11 is 1.36. The van der Waals surface area contributed by atoms with Crippen LogP contribution in [0.5, 0.6) is 0 Å². The molecule has 0 unspecified atom stereocenters. The number of amides is 1. The molecule has 2 rings (SSSR count). The quantitative estimate of drug-likeness (QED) is 0.860. The maximum absolute atomic E-state index is 12.6. The Balaban J connectivity index is 2.46. The van der Waals surface area contributed by atoms with Gasteiger partial charge in [0, 0.05) is 24.7 Å². The van der Waals surface area contributed by atoms with E-state index in [1.165, 1.54) is 11.3 Å². The first-order valence-corrected chi connectivity index (χ1v) is 7.45. The van der Waals surface area contributed by atoms with Gasteiger partial charge in [-0.15, -0.1) is 17.9 Å². The molecule has 0 aliphatic rings. The van der Waals surface area contributed by atoms with Crippen molar-refractivity contribution in [2.75, 3.05) is 18.8 Å². The van der Waals surface area contributed by atoms with E-state index in [1.54, 1.807) is 17.2 Å². The molecule has 0 fully saturated rings. The molecule has 1 amide bonds. The van der Waals surface area contributed by atoms with Crippen LogP contribution in [0.15, 0.2) is 24.9 Å². The van der Waals surface area contributed by atoms with Crippen molar-refractivity contribution in [3.63, 3.8) is 0 Å². The second-order valence-corrected chi connectivity index (χ2v) is 5.69. The molecule has 106 valence electrons. The van der Waals surface area contributed by atoms with Gasteiger partial charge in [0.1, 0.15) is 9.71 Å². The van der Waals surface area contributed by atoms with Crippen LogP contribution in [0.2, 0.25) is 0 Å². The van der Waals surface area contributed by atoms with E-state index >= 15 is 0 Å². The van der Waals surface area contributed by atoms with E-state index in [0.29, 0.717) is 23.7 Å². The maximum Gasteiger partial charge on any atom is 0.266 e. The summed E-state index contributed by atoms with van der Waals surface area (Å²) in [5.41, 5.74) is 7.76. The monoisotopic (exact) mass is 289 g/mol. The van der Waals surface area contributed by atoms with Crippen LogP contribution >= 0.6 is 11.3 Å². The highest BCUT2D eigenvalue weighted by molar-refractivity contribution is 7.21. The van der Waals surface area contributed by atoms with Gasteiger partial charge in [-0.2, -0.15) is 0 Å². The van der Waals surface area contributed by atoms with E-state index in [2.05, 4.69) is 11.6 Å². The second kappa shape index (κ2) is 6.05. The fourth-order valence-corrected chi connectivity index (χ4v) is 3.32. The molecular weight excluding hydrogens is 270 g/mol. The number of anilines is 1. The average molecular weight is 289 g/mol. The van der Waals surface area contributed by atoms with E-state index in [1.807, 2.05) is 19.9 Å². The fraction of sp³-hybridized carbons (Fsp3) is 0.333. The molecule has 0 bridgehead atoms. The minimum Gasteiger partial charge on any atom is -0.397 e. The molecule has 2 aromatic rings. The van der Waals surface area contributed by atoms with Crippen molar-refractivity contribution in [3.8, 4) is 0 Å². The normalized spacial score (nSPS) is 10.7. The number of nitrogens with zero attached hydrogens (tertiary/aromatic N) is 2. The number of nitrogens with two attached hydrogens (primary N) is 1. The Hall–Kier alpha value is -1.88. The molecular formula is C15H19N3OS. The van der Waals surface area contributed by atoms with Gasteiger partial charge < -0.3 is 10.6 Å². The van der Waals surface area contributed by atoms with Gasteiger partial charge in [0.05, 0.1) is 5.69 Å². The van der Waals surface area contributed by atoms with E-state index < -0.39 is 0 Å². The second-order valence-electron chi connectivity index (χ2n) is 4.69. The first-order chi connectivity index (χ1) is 9.60. The summed E-state index contributed by atoms with van der Waals surface area (Å²) in [4.78, 5) is 20.1. The molecule has 0 spiro atoms. The standard InChI is InChI=1S/C15H19N3OS/c1-4-8-18(9-5-2)15(19)13-12(16)11-10(3)6-7-17-14(11)20-13/h4,6-7H,1,5,8-9,16H2,2-3H3. The Morgan fingerprint density at radius 3 is 2.95 bits per heavy atom. The number of nitrogen functional groups attached to an aromatic ring is 1. The molecule has 2 N–H and O–H groups in total. The number of hydrogen-bond donors (Lipinski definition) is 1. The zero-order valence-electron chi connectivity index (χ0n) is 11.8. The van der Waals surface area contributed by atoms with Crippen LogP contribution in [0.1, 0.15) is 28.6 Å². The largest absolute Gasteiger partial charge is 0.397 e. The predicted octanol–water partition coefficient (Wildman–Crippen LogP) is 3.23. The zero-order chi connectivity index (χ0) is 14.7. The van der Waals surface area contributed by atoms with Crippen LogP contribution in [0.3, 0.4) is 0 Å². The van der Waals surface area contributed by atoms with Gasteiger partial charge >= 0.3 is 0 Å². The summed E-state index contributed by atoms with van der Waals surface area (Å²) in [6, 6.07) is 1.91. The molecule has 20 heavy (non-hydrogen) atoms. The number of carbonyl (C=O) groups excluding carboxylic acids is 1. The van der Waals surface area contributed by atoms with Crippen LogP contribution < -0.4 is 5.73 Å². The van der Waals surface area contributed by atoms with Gasteiger partial charge in [-0.25, -0.2) is 4.98 Å². The summed E-state index contributed by atoms with van der Waals surface area (Å²) in [6.45, 7) is 8.96. The molecule has 2 heterocycles. The summed E-state index contributed by atoms with van der Waals surface area (Å²) in [5, 5.41) is 0.899. The summed E-state index contributed by atoms with van der Waals surface area (Å²) < 4.78 is 0. The topological polar surface area (TPSA) is 59.2 Å². The van der Waals surface area contributed by atoms with Crippen LogP contribution in [0, 0.1) is 6.92 Å². The molecule has 0 aliphatic carbocycles. The average Bonchev–Trinajstić information content (AvgIpc) is 2.76. The smallest absolute Gasteiger partial charge is 0.266 e. The fourth-order valence-electron chi connectivity index (χ4n) is 2.21. The van der Waals surface area contributed by atoms with E-state index in [-0.39, 0.29) is 5.91 Å². The number of thiophene rings is 1. The zero-order valence-corrected chi connectivity index (χ0v) is 12.7. The van der Waals surface area contributed by atoms with Crippen molar-refractivity contribution in [2.45, 2.75) is 20.3 Å². The van der Waals surface area contributed by atoms with Gasteiger partial charge in [-0.1, -0.05) is 13.0 Å². The first-order valence-electron chi connectivity index (χ1n) is 6.63. The predicted molar refractivity (Wildman–Crippen MR) is 85.2 cm³/mol. The van der Waals surface area contributed by atoms with Crippen molar-refractivity contribution in [1.82, 2.24) is 9.88 Å². The minimum atomic E-state index is -0.0355. The summed E-state index contributed by atoms with van der Waals surface area (Å²) in [5.74, 6) is -0.0355. The molecule has 2 aromatic heterocycles. The number of aryl methyl sites for hydroxylation is 1. The van der Waals surface area contributed by atoms with Crippen LogP contribution in [-0.4, -0.2) is 28.9 Å². The molecule has 0 aromatic carbocycles. The lowest BCUT2D eigenvalue weighted by molar-refractivity contribution is 0.0780. The third-order valence-electron chi connectivity index (χ3n) is 3.16. The van der Waals surface area contributed by atoms with Crippen molar-refractivity contribution in [2.24, 2.45) is 0 Å². The number of aromatic nitrogens is 1. The minimum absolute atomic E-state index is 0.0355. The Morgan fingerprint density at radius 2 is 2.35 bits per heavy atom. The number of rotatable bonds is 5. The molecule has 0 saturated carbocycles. The third kappa shape index (κ3) is 2.54. The van der Waals surface area contributed by atoms with Crippen molar-refractivity contribution >= 4 is 33.1 Å². The van der Waals surface area contributed by atoms with Crippen LogP contribution in [0.4, 0.5) is 5.69 Å². The number of fused-ring (bicyclic) bond motifs is 1. The molecule has 0 aliphatic heterocycles. The van der Waals surface area contributed by atoms with Gasteiger partial charge in [0.15, 0.2) is 0 Å². The van der Waals surface area contributed by atoms with E-state index in [4.69, 9.17) is 5.73 Å². The lowest BCUT2D eigenvalue weighted by Gasteiger charge is -2.19. The lowest BCUT2D eigenvalue weighted by Crippen LogP contribution is -2.31. The first kappa shape index (κ1) is 14.5. The molecule has 0 radical (unpaired) electrons.